The molecule has 1 aromatic carbocycles. The van der Waals surface area contributed by atoms with Gasteiger partial charge in [-0.1, -0.05) is 11.6 Å². The van der Waals surface area contributed by atoms with Crippen molar-refractivity contribution in [1.82, 2.24) is 0 Å². The Morgan fingerprint density at radius 3 is 2.21 bits per heavy atom. The number of benzene rings is 1. The smallest absolute Gasteiger partial charge is 0.377 e. The Balaban J connectivity index is 3.31. The average Bonchev–Trinajstić information content (AvgIpc) is 2.13. The van der Waals surface area contributed by atoms with Gasteiger partial charge in [-0.3, -0.25) is 4.79 Å². The molecule has 1 rings (SSSR count). The summed E-state index contributed by atoms with van der Waals surface area (Å²) in [6.07, 6.45) is 0. The largest absolute Gasteiger partial charge is 0.504 e. The van der Waals surface area contributed by atoms with E-state index in [1.807, 2.05) is 0 Å². The summed E-state index contributed by atoms with van der Waals surface area (Å²) in [4.78, 5) is 21.2. The van der Waals surface area contributed by atoms with Gasteiger partial charge in [0, 0.05) is 0 Å². The summed E-state index contributed by atoms with van der Waals surface area (Å²) in [5.74, 6) is -4.57. The molecule has 0 bridgehead atoms. The molecule has 0 fully saturated rings. The maximum atomic E-state index is 10.9. The highest BCUT2D eigenvalue weighted by Gasteiger charge is 2.21. The molecule has 0 saturated carbocycles. The van der Waals surface area contributed by atoms with Crippen molar-refractivity contribution >= 4 is 23.4 Å². The molecule has 14 heavy (non-hydrogen) atoms. The molecular formula is C8H5ClO5. The van der Waals surface area contributed by atoms with Crippen molar-refractivity contribution in [2.24, 2.45) is 0 Å². The van der Waals surface area contributed by atoms with E-state index in [1.54, 1.807) is 0 Å². The lowest BCUT2D eigenvalue weighted by Gasteiger charge is -2.03. The molecule has 0 saturated heterocycles. The third-order valence-corrected chi connectivity index (χ3v) is 1.85. The van der Waals surface area contributed by atoms with Crippen LogP contribution in [0.2, 0.25) is 5.02 Å². The first-order valence-corrected chi connectivity index (χ1v) is 3.81. The number of aromatic hydroxyl groups is 2. The zero-order valence-corrected chi connectivity index (χ0v) is 7.45. The molecule has 0 aliphatic carbocycles. The van der Waals surface area contributed by atoms with Crippen molar-refractivity contribution in [2.75, 3.05) is 0 Å². The topological polar surface area (TPSA) is 94.8 Å². The van der Waals surface area contributed by atoms with Gasteiger partial charge in [-0.2, -0.15) is 0 Å². The third-order valence-electron chi connectivity index (χ3n) is 1.54. The molecule has 0 atom stereocenters. The lowest BCUT2D eigenvalue weighted by Crippen LogP contribution is -2.12. The van der Waals surface area contributed by atoms with Gasteiger partial charge in [-0.05, 0) is 12.1 Å². The zero-order valence-electron chi connectivity index (χ0n) is 6.69. The van der Waals surface area contributed by atoms with Gasteiger partial charge in [0.1, 0.15) is 0 Å². The number of ketones is 1. The molecule has 0 aliphatic rings. The van der Waals surface area contributed by atoms with Crippen LogP contribution in [0.4, 0.5) is 0 Å². The average molecular weight is 217 g/mol. The van der Waals surface area contributed by atoms with Crippen molar-refractivity contribution in [3.63, 3.8) is 0 Å². The number of Topliss-reactive ketones (excluding diaryl/α,β-unsaturated/α-hetero) is 1. The fourth-order valence-electron chi connectivity index (χ4n) is 0.853. The molecule has 0 unspecified atom stereocenters. The van der Waals surface area contributed by atoms with E-state index in [0.29, 0.717) is 0 Å². The maximum absolute atomic E-state index is 10.9. The number of carbonyl (C=O) groups excluding carboxylic acids is 1. The molecule has 3 N–H and O–H groups in total. The minimum atomic E-state index is -1.72. The van der Waals surface area contributed by atoms with E-state index in [0.717, 1.165) is 12.1 Å². The van der Waals surface area contributed by atoms with Crippen LogP contribution < -0.4 is 0 Å². The Labute approximate surface area is 83.2 Å². The second kappa shape index (κ2) is 3.55. The Morgan fingerprint density at radius 2 is 1.71 bits per heavy atom. The first-order chi connectivity index (χ1) is 6.45. The molecule has 0 spiro atoms. The minimum Gasteiger partial charge on any atom is -0.504 e. The second-order valence-electron chi connectivity index (χ2n) is 2.43. The van der Waals surface area contributed by atoms with Crippen LogP contribution in [0.25, 0.3) is 0 Å². The molecule has 0 radical (unpaired) electrons. The monoisotopic (exact) mass is 216 g/mol. The van der Waals surface area contributed by atoms with Crippen LogP contribution in [0.3, 0.4) is 0 Å². The van der Waals surface area contributed by atoms with E-state index < -0.39 is 28.8 Å². The Morgan fingerprint density at radius 1 is 1.14 bits per heavy atom. The number of phenolic OH excluding ortho intramolecular Hbond substituents is 2. The second-order valence-corrected chi connectivity index (χ2v) is 2.83. The number of hydrogen-bond donors (Lipinski definition) is 3. The van der Waals surface area contributed by atoms with Crippen LogP contribution in [0, 0.1) is 0 Å². The zero-order chi connectivity index (χ0) is 10.9. The number of hydrogen-bond acceptors (Lipinski definition) is 4. The summed E-state index contributed by atoms with van der Waals surface area (Å²) in [6, 6.07) is 2.14. The number of phenols is 2. The van der Waals surface area contributed by atoms with Gasteiger partial charge in [0.2, 0.25) is 0 Å². The van der Waals surface area contributed by atoms with Crippen LogP contribution >= 0.6 is 11.6 Å². The van der Waals surface area contributed by atoms with Crippen molar-refractivity contribution < 1.29 is 24.9 Å². The van der Waals surface area contributed by atoms with E-state index in [2.05, 4.69) is 0 Å². The highest BCUT2D eigenvalue weighted by molar-refractivity contribution is 6.41. The van der Waals surface area contributed by atoms with E-state index in [9.17, 15) is 14.7 Å². The lowest BCUT2D eigenvalue weighted by molar-refractivity contribution is -0.131. The predicted octanol–water partition coefficient (Wildman–Crippen LogP) is 1.02. The van der Waals surface area contributed by atoms with Gasteiger partial charge in [0.05, 0.1) is 10.6 Å². The summed E-state index contributed by atoms with van der Waals surface area (Å²) < 4.78 is 0. The van der Waals surface area contributed by atoms with Crippen molar-refractivity contribution in [2.45, 2.75) is 0 Å². The van der Waals surface area contributed by atoms with E-state index in [4.69, 9.17) is 21.8 Å². The Hall–Kier alpha value is -1.75. The van der Waals surface area contributed by atoms with Gasteiger partial charge in [-0.25, -0.2) is 4.79 Å². The van der Waals surface area contributed by atoms with E-state index in [-0.39, 0.29) is 5.02 Å². The number of aliphatic carboxylic acids is 1. The van der Waals surface area contributed by atoms with Gasteiger partial charge >= 0.3 is 5.97 Å². The number of carbonyl (C=O) groups is 2. The molecule has 0 amide bonds. The number of halogens is 1. The molecule has 1 aromatic rings. The molecule has 74 valence electrons. The molecular weight excluding hydrogens is 212 g/mol. The predicted molar refractivity (Wildman–Crippen MR) is 46.7 cm³/mol. The first kappa shape index (κ1) is 10.3. The van der Waals surface area contributed by atoms with Gasteiger partial charge in [-0.15, -0.1) is 0 Å². The standard InChI is InChI=1S/C8H5ClO5/c9-4-2-1-3(5(10)7(4)12)6(11)8(13)14/h1-2,10,12H,(H,13,14). The highest BCUT2D eigenvalue weighted by atomic mass is 35.5. The van der Waals surface area contributed by atoms with Crippen molar-refractivity contribution in [1.29, 1.82) is 0 Å². The Bertz CT molecular complexity index is 412. The van der Waals surface area contributed by atoms with Crippen LogP contribution in [-0.2, 0) is 4.79 Å². The van der Waals surface area contributed by atoms with Gasteiger partial charge in [0.15, 0.2) is 11.5 Å². The molecule has 6 heteroatoms. The molecule has 0 aromatic heterocycles. The molecule has 5 nitrogen and oxygen atoms in total. The van der Waals surface area contributed by atoms with Crippen molar-refractivity contribution in [3.05, 3.63) is 22.7 Å². The fourth-order valence-corrected chi connectivity index (χ4v) is 1.01. The summed E-state index contributed by atoms with van der Waals surface area (Å²) in [5.41, 5.74) is -0.501. The SMILES string of the molecule is O=C(O)C(=O)c1ccc(Cl)c(O)c1O. The number of rotatable bonds is 2. The lowest BCUT2D eigenvalue weighted by atomic mass is 10.1. The van der Waals surface area contributed by atoms with Gasteiger partial charge < -0.3 is 15.3 Å². The van der Waals surface area contributed by atoms with Crippen LogP contribution in [0.1, 0.15) is 10.4 Å². The van der Waals surface area contributed by atoms with Crippen LogP contribution in [0.15, 0.2) is 12.1 Å². The summed E-state index contributed by atoms with van der Waals surface area (Å²) in [5, 5.41) is 26.5. The quantitative estimate of drug-likeness (QED) is 0.390. The third kappa shape index (κ3) is 1.62. The van der Waals surface area contributed by atoms with E-state index in [1.165, 1.54) is 0 Å². The number of carboxylic acids is 1. The van der Waals surface area contributed by atoms with Crippen molar-refractivity contribution in [3.8, 4) is 11.5 Å². The number of carboxylic acid groups (broad SMARTS) is 1. The molecule has 0 heterocycles. The highest BCUT2D eigenvalue weighted by Crippen LogP contribution is 2.35. The molecule has 0 aliphatic heterocycles. The minimum absolute atomic E-state index is 0.163. The summed E-state index contributed by atoms with van der Waals surface area (Å²) >= 11 is 5.40. The maximum Gasteiger partial charge on any atom is 0.377 e. The summed E-state index contributed by atoms with van der Waals surface area (Å²) in [6.45, 7) is 0. The van der Waals surface area contributed by atoms with Crippen LogP contribution in [-0.4, -0.2) is 27.1 Å². The Kier molecular flexibility index (Phi) is 2.62. The van der Waals surface area contributed by atoms with E-state index >= 15 is 0 Å². The normalized spacial score (nSPS) is 9.79. The fraction of sp³-hybridized carbons (Fsp3) is 0. The van der Waals surface area contributed by atoms with Crippen LogP contribution in [0.5, 0.6) is 11.5 Å². The van der Waals surface area contributed by atoms with Gasteiger partial charge in [0.25, 0.3) is 5.78 Å². The summed E-state index contributed by atoms with van der Waals surface area (Å²) in [7, 11) is 0. The first-order valence-electron chi connectivity index (χ1n) is 3.43.